The molecule has 0 aromatic rings. The Balaban J connectivity index is 4.04. The number of ether oxygens (including phenoxy) is 4. The third-order valence-corrected chi connectivity index (χ3v) is 5.90. The first-order chi connectivity index (χ1) is 17.0. The maximum atomic E-state index is 12.1. The number of rotatable bonds is 25. The van der Waals surface area contributed by atoms with Crippen LogP contribution in [0.4, 0.5) is 0 Å². The highest BCUT2D eigenvalue weighted by Gasteiger charge is 2.16. The van der Waals surface area contributed by atoms with E-state index < -0.39 is 12.1 Å². The normalized spacial score (nSPS) is 11.0. The topological polar surface area (TPSA) is 88.1 Å². The molecule has 0 rings (SSSR count). The quantitative estimate of drug-likeness (QED) is 0.0575. The molecular formula is C28H52O7. The van der Waals surface area contributed by atoms with Crippen LogP contribution in [0.1, 0.15) is 136 Å². The van der Waals surface area contributed by atoms with Crippen LogP contribution in [-0.4, -0.2) is 44.0 Å². The number of carbonyl (C=O) groups is 3. The average Bonchev–Trinajstić information content (AvgIpc) is 2.83. The van der Waals surface area contributed by atoms with Crippen molar-refractivity contribution in [1.82, 2.24) is 0 Å². The van der Waals surface area contributed by atoms with Crippen LogP contribution in [0.3, 0.4) is 0 Å². The number of unbranched alkanes of at least 4 members (excludes halogenated alkanes) is 14. The van der Waals surface area contributed by atoms with Gasteiger partial charge in [0.15, 0.2) is 6.79 Å². The van der Waals surface area contributed by atoms with Gasteiger partial charge < -0.3 is 18.9 Å². The highest BCUT2D eigenvalue weighted by atomic mass is 16.7. The predicted molar refractivity (Wildman–Crippen MR) is 138 cm³/mol. The van der Waals surface area contributed by atoms with E-state index in [1.54, 1.807) is 0 Å². The lowest BCUT2D eigenvalue weighted by Crippen LogP contribution is -2.29. The van der Waals surface area contributed by atoms with E-state index in [4.69, 9.17) is 18.9 Å². The van der Waals surface area contributed by atoms with Crippen LogP contribution in [0.25, 0.3) is 0 Å². The van der Waals surface area contributed by atoms with E-state index in [0.717, 1.165) is 38.5 Å². The minimum atomic E-state index is -0.667. The summed E-state index contributed by atoms with van der Waals surface area (Å²) in [5.41, 5.74) is 0. The van der Waals surface area contributed by atoms with Crippen molar-refractivity contribution in [1.29, 1.82) is 0 Å². The van der Waals surface area contributed by atoms with E-state index in [9.17, 15) is 14.4 Å². The summed E-state index contributed by atoms with van der Waals surface area (Å²) < 4.78 is 20.9. The van der Waals surface area contributed by atoms with Crippen LogP contribution in [0.15, 0.2) is 0 Å². The van der Waals surface area contributed by atoms with Crippen molar-refractivity contribution < 1.29 is 33.3 Å². The lowest BCUT2D eigenvalue weighted by atomic mass is 10.1. The molecule has 206 valence electrons. The van der Waals surface area contributed by atoms with Crippen LogP contribution in [0.2, 0.25) is 0 Å². The van der Waals surface area contributed by atoms with Gasteiger partial charge in [0.1, 0.15) is 19.3 Å². The molecule has 0 unspecified atom stereocenters. The van der Waals surface area contributed by atoms with E-state index >= 15 is 0 Å². The Morgan fingerprint density at radius 2 is 0.914 bits per heavy atom. The molecule has 0 fully saturated rings. The highest BCUT2D eigenvalue weighted by Crippen LogP contribution is 2.11. The monoisotopic (exact) mass is 500 g/mol. The first-order valence-corrected chi connectivity index (χ1v) is 14.1. The standard InChI is InChI=1S/C28H52O7/c1-4-6-8-10-12-14-16-18-20-27(30)32-22-26(35-24-34-25(3)29)23-33-28(31)21-19-17-15-13-11-9-7-5-2/h26H,4-24H2,1-3H3. The molecule has 0 radical (unpaired) electrons. The summed E-state index contributed by atoms with van der Waals surface area (Å²) in [5, 5.41) is 0. The molecule has 0 amide bonds. The summed E-state index contributed by atoms with van der Waals surface area (Å²) in [6, 6.07) is 0. The molecule has 7 nitrogen and oxygen atoms in total. The lowest BCUT2D eigenvalue weighted by Gasteiger charge is -2.18. The number of carbonyl (C=O) groups excluding carboxylic acids is 3. The fraction of sp³-hybridized carbons (Fsp3) is 0.893. The molecule has 0 N–H and O–H groups in total. The van der Waals surface area contributed by atoms with Crippen LogP contribution in [0.5, 0.6) is 0 Å². The Hall–Kier alpha value is -1.63. The zero-order valence-corrected chi connectivity index (χ0v) is 22.8. The Bertz CT molecular complexity index is 485. The van der Waals surface area contributed by atoms with E-state index in [1.165, 1.54) is 71.1 Å². The molecule has 0 aliphatic heterocycles. The number of hydrogen-bond donors (Lipinski definition) is 0. The first kappa shape index (κ1) is 33.4. The van der Waals surface area contributed by atoms with Gasteiger partial charge in [0.2, 0.25) is 0 Å². The molecule has 0 heterocycles. The Morgan fingerprint density at radius 3 is 1.29 bits per heavy atom. The Kier molecular flexibility index (Phi) is 24.3. The smallest absolute Gasteiger partial charge is 0.305 e. The summed E-state index contributed by atoms with van der Waals surface area (Å²) in [4.78, 5) is 35.1. The third kappa shape index (κ3) is 25.3. The van der Waals surface area contributed by atoms with Gasteiger partial charge in [0.25, 0.3) is 0 Å². The molecule has 7 heteroatoms. The molecule has 0 saturated carbocycles. The highest BCUT2D eigenvalue weighted by molar-refractivity contribution is 5.69. The lowest BCUT2D eigenvalue weighted by molar-refractivity contribution is -0.174. The van der Waals surface area contributed by atoms with Crippen LogP contribution >= 0.6 is 0 Å². The van der Waals surface area contributed by atoms with Crippen molar-refractivity contribution in [2.45, 2.75) is 142 Å². The van der Waals surface area contributed by atoms with Gasteiger partial charge in [-0.25, -0.2) is 0 Å². The number of hydrogen-bond acceptors (Lipinski definition) is 7. The average molecular weight is 501 g/mol. The van der Waals surface area contributed by atoms with Gasteiger partial charge in [-0.2, -0.15) is 0 Å². The van der Waals surface area contributed by atoms with Crippen molar-refractivity contribution in [3.8, 4) is 0 Å². The molecule has 35 heavy (non-hydrogen) atoms. The van der Waals surface area contributed by atoms with E-state index in [0.29, 0.717) is 12.8 Å². The van der Waals surface area contributed by atoms with E-state index in [1.807, 2.05) is 0 Å². The van der Waals surface area contributed by atoms with E-state index in [2.05, 4.69) is 13.8 Å². The summed E-state index contributed by atoms with van der Waals surface area (Å²) >= 11 is 0. The van der Waals surface area contributed by atoms with Gasteiger partial charge in [-0.05, 0) is 12.8 Å². The summed E-state index contributed by atoms with van der Waals surface area (Å²) in [7, 11) is 0. The predicted octanol–water partition coefficient (Wildman–Crippen LogP) is 7.04. The first-order valence-electron chi connectivity index (χ1n) is 14.1. The van der Waals surface area contributed by atoms with E-state index in [-0.39, 0.29) is 31.9 Å². The molecule has 0 aromatic heterocycles. The maximum absolute atomic E-state index is 12.1. The van der Waals surface area contributed by atoms with Crippen molar-refractivity contribution in [2.75, 3.05) is 20.0 Å². The molecule has 0 aliphatic carbocycles. The zero-order valence-electron chi connectivity index (χ0n) is 22.8. The van der Waals surface area contributed by atoms with Gasteiger partial charge in [0, 0.05) is 19.8 Å². The van der Waals surface area contributed by atoms with Gasteiger partial charge in [-0.15, -0.1) is 0 Å². The molecule has 0 aliphatic rings. The SMILES string of the molecule is CCCCCCCCCCC(=O)OCC(COC(=O)CCCCCCCCCC)OCOC(C)=O. The van der Waals surface area contributed by atoms with Gasteiger partial charge in [-0.3, -0.25) is 14.4 Å². The summed E-state index contributed by atoms with van der Waals surface area (Å²) in [6.45, 7) is 5.35. The van der Waals surface area contributed by atoms with Crippen LogP contribution < -0.4 is 0 Å². The molecular weight excluding hydrogens is 448 g/mol. The van der Waals surface area contributed by atoms with Gasteiger partial charge >= 0.3 is 17.9 Å². The number of esters is 3. The zero-order chi connectivity index (χ0) is 26.0. The largest absolute Gasteiger partial charge is 0.463 e. The van der Waals surface area contributed by atoms with Crippen molar-refractivity contribution in [3.05, 3.63) is 0 Å². The summed E-state index contributed by atoms with van der Waals surface area (Å²) in [5.74, 6) is -1.05. The van der Waals surface area contributed by atoms with Crippen LogP contribution in [-0.2, 0) is 33.3 Å². The second-order valence-corrected chi connectivity index (χ2v) is 9.36. The van der Waals surface area contributed by atoms with Crippen molar-refractivity contribution in [3.63, 3.8) is 0 Å². The van der Waals surface area contributed by atoms with Crippen molar-refractivity contribution >= 4 is 17.9 Å². The van der Waals surface area contributed by atoms with Crippen molar-refractivity contribution in [2.24, 2.45) is 0 Å². The van der Waals surface area contributed by atoms with Gasteiger partial charge in [-0.1, -0.05) is 104 Å². The second kappa shape index (κ2) is 25.5. The molecule has 0 saturated heterocycles. The molecule has 0 bridgehead atoms. The minimum Gasteiger partial charge on any atom is -0.463 e. The molecule has 0 atom stereocenters. The minimum absolute atomic E-state index is 0.0395. The van der Waals surface area contributed by atoms with Gasteiger partial charge in [0.05, 0.1) is 0 Å². The summed E-state index contributed by atoms with van der Waals surface area (Å²) in [6.07, 6.45) is 18.6. The fourth-order valence-corrected chi connectivity index (χ4v) is 3.68. The molecule has 0 aromatic carbocycles. The Morgan fingerprint density at radius 1 is 0.543 bits per heavy atom. The second-order valence-electron chi connectivity index (χ2n) is 9.36. The van der Waals surface area contributed by atoms with Crippen LogP contribution in [0, 0.1) is 0 Å². The Labute approximate surface area is 214 Å². The molecule has 0 spiro atoms. The third-order valence-electron chi connectivity index (χ3n) is 5.90. The maximum Gasteiger partial charge on any atom is 0.305 e. The fourth-order valence-electron chi connectivity index (χ4n) is 3.68.